The quantitative estimate of drug-likeness (QED) is 0.759. The zero-order valence-corrected chi connectivity index (χ0v) is 13.2. The fourth-order valence-electron chi connectivity index (χ4n) is 1.60. The summed E-state index contributed by atoms with van der Waals surface area (Å²) in [5.74, 6) is 0.728. The first-order valence-electron chi connectivity index (χ1n) is 7.29. The summed E-state index contributed by atoms with van der Waals surface area (Å²) in [6.07, 6.45) is 2.82. The molecule has 0 saturated heterocycles. The zero-order chi connectivity index (χ0) is 15.8. The van der Waals surface area contributed by atoms with Crippen molar-refractivity contribution in [1.29, 1.82) is 0 Å². The van der Waals surface area contributed by atoms with Gasteiger partial charge in [0.2, 0.25) is 5.91 Å². The van der Waals surface area contributed by atoms with Crippen LogP contribution in [0.3, 0.4) is 0 Å². The molecule has 21 heavy (non-hydrogen) atoms. The van der Waals surface area contributed by atoms with Gasteiger partial charge in [0.05, 0.1) is 12.2 Å². The summed E-state index contributed by atoms with van der Waals surface area (Å²) in [7, 11) is 0. The molecule has 1 aromatic rings. The number of amides is 1. The number of rotatable bonds is 7. The van der Waals surface area contributed by atoms with Crippen molar-refractivity contribution in [2.75, 3.05) is 6.54 Å². The molecule has 0 bridgehead atoms. The number of nitrogens with one attached hydrogen (secondary N) is 1. The van der Waals surface area contributed by atoms with Crippen molar-refractivity contribution in [3.63, 3.8) is 0 Å². The van der Waals surface area contributed by atoms with E-state index >= 15 is 0 Å². The number of aliphatic hydroxyl groups excluding tert-OH is 1. The molecule has 0 saturated carbocycles. The van der Waals surface area contributed by atoms with Crippen LogP contribution in [0.1, 0.15) is 33.3 Å². The van der Waals surface area contributed by atoms with Crippen molar-refractivity contribution in [1.82, 2.24) is 5.32 Å². The van der Waals surface area contributed by atoms with E-state index in [1.807, 2.05) is 52.0 Å². The van der Waals surface area contributed by atoms with Crippen LogP contribution in [-0.4, -0.2) is 29.8 Å². The molecule has 1 rings (SSSR count). The smallest absolute Gasteiger partial charge is 0.244 e. The van der Waals surface area contributed by atoms with Gasteiger partial charge in [0.15, 0.2) is 0 Å². The minimum atomic E-state index is -0.519. The van der Waals surface area contributed by atoms with E-state index in [-0.39, 0.29) is 24.5 Å². The fraction of sp³-hybridized carbons (Fsp3) is 0.471. The van der Waals surface area contributed by atoms with Gasteiger partial charge in [-0.3, -0.25) is 4.79 Å². The Morgan fingerprint density at radius 1 is 1.24 bits per heavy atom. The lowest BCUT2D eigenvalue weighted by atomic mass is 10.1. The summed E-state index contributed by atoms with van der Waals surface area (Å²) in [5.41, 5.74) is 0.922. The molecular formula is C17H25NO3. The van der Waals surface area contributed by atoms with Gasteiger partial charge in [-0.2, -0.15) is 0 Å². The molecule has 0 aromatic heterocycles. The molecular weight excluding hydrogens is 266 g/mol. The minimum absolute atomic E-state index is 0.128. The van der Waals surface area contributed by atoms with Gasteiger partial charge in [-0.05, 0) is 43.5 Å². The largest absolute Gasteiger partial charge is 0.491 e. The van der Waals surface area contributed by atoms with Gasteiger partial charge in [0.1, 0.15) is 5.75 Å². The van der Waals surface area contributed by atoms with Gasteiger partial charge in [-0.15, -0.1) is 0 Å². The molecule has 0 spiro atoms. The Morgan fingerprint density at radius 3 is 2.38 bits per heavy atom. The van der Waals surface area contributed by atoms with E-state index in [1.165, 1.54) is 6.08 Å². The molecule has 0 aliphatic rings. The SMILES string of the molecule is CC(C)Oc1ccc(/C=C/C(=O)NCC(O)C(C)C)cc1. The molecule has 0 radical (unpaired) electrons. The first kappa shape index (κ1) is 17.2. The zero-order valence-electron chi connectivity index (χ0n) is 13.2. The summed E-state index contributed by atoms with van der Waals surface area (Å²) in [6, 6.07) is 7.54. The number of hydrogen-bond acceptors (Lipinski definition) is 3. The van der Waals surface area contributed by atoms with Gasteiger partial charge in [0.25, 0.3) is 0 Å². The van der Waals surface area contributed by atoms with Crippen molar-refractivity contribution >= 4 is 12.0 Å². The molecule has 0 aliphatic carbocycles. The fourth-order valence-corrected chi connectivity index (χ4v) is 1.60. The summed E-state index contributed by atoms with van der Waals surface area (Å²) in [6.45, 7) is 8.04. The van der Waals surface area contributed by atoms with Crippen molar-refractivity contribution in [3.8, 4) is 5.75 Å². The van der Waals surface area contributed by atoms with Crippen LogP contribution in [0.2, 0.25) is 0 Å². The molecule has 0 aliphatic heterocycles. The summed E-state index contributed by atoms with van der Waals surface area (Å²) in [5, 5.41) is 12.3. The molecule has 1 aromatic carbocycles. The topological polar surface area (TPSA) is 58.6 Å². The Labute approximate surface area is 126 Å². The van der Waals surface area contributed by atoms with Gasteiger partial charge in [-0.1, -0.05) is 26.0 Å². The van der Waals surface area contributed by atoms with Gasteiger partial charge in [-0.25, -0.2) is 0 Å². The predicted octanol–water partition coefficient (Wildman–Crippen LogP) is 2.62. The highest BCUT2D eigenvalue weighted by molar-refractivity contribution is 5.91. The van der Waals surface area contributed by atoms with E-state index in [4.69, 9.17) is 4.74 Å². The summed E-state index contributed by atoms with van der Waals surface area (Å²) < 4.78 is 5.55. The highest BCUT2D eigenvalue weighted by Crippen LogP contribution is 2.14. The number of ether oxygens (including phenoxy) is 1. The molecule has 0 fully saturated rings. The van der Waals surface area contributed by atoms with E-state index in [9.17, 15) is 9.90 Å². The van der Waals surface area contributed by atoms with Gasteiger partial charge in [0, 0.05) is 12.6 Å². The van der Waals surface area contributed by atoms with Gasteiger partial charge >= 0.3 is 0 Å². The molecule has 4 heteroatoms. The van der Waals surface area contributed by atoms with E-state index in [0.29, 0.717) is 0 Å². The van der Waals surface area contributed by atoms with Crippen LogP contribution in [0.5, 0.6) is 5.75 Å². The lowest BCUT2D eigenvalue weighted by molar-refractivity contribution is -0.117. The molecule has 2 N–H and O–H groups in total. The Kier molecular flexibility index (Phi) is 6.96. The van der Waals surface area contributed by atoms with Crippen LogP contribution >= 0.6 is 0 Å². The molecule has 1 amide bonds. The molecule has 1 unspecified atom stereocenters. The maximum Gasteiger partial charge on any atom is 0.244 e. The molecule has 0 heterocycles. The molecule has 4 nitrogen and oxygen atoms in total. The van der Waals surface area contributed by atoms with Crippen molar-refractivity contribution in [3.05, 3.63) is 35.9 Å². The first-order chi connectivity index (χ1) is 9.88. The summed E-state index contributed by atoms with van der Waals surface area (Å²) >= 11 is 0. The lowest BCUT2D eigenvalue weighted by Gasteiger charge is -2.14. The van der Waals surface area contributed by atoms with E-state index in [1.54, 1.807) is 6.08 Å². The number of carbonyl (C=O) groups excluding carboxylic acids is 1. The monoisotopic (exact) mass is 291 g/mol. The van der Waals surface area contributed by atoms with E-state index in [0.717, 1.165) is 11.3 Å². The second kappa shape index (κ2) is 8.47. The van der Waals surface area contributed by atoms with Gasteiger partial charge < -0.3 is 15.2 Å². The predicted molar refractivity (Wildman–Crippen MR) is 85.1 cm³/mol. The third-order valence-corrected chi connectivity index (χ3v) is 2.93. The second-order valence-electron chi connectivity index (χ2n) is 5.63. The Morgan fingerprint density at radius 2 is 1.86 bits per heavy atom. The van der Waals surface area contributed by atoms with Crippen LogP contribution < -0.4 is 10.1 Å². The number of aliphatic hydroxyl groups is 1. The average Bonchev–Trinajstić information content (AvgIpc) is 2.43. The first-order valence-corrected chi connectivity index (χ1v) is 7.29. The highest BCUT2D eigenvalue weighted by Gasteiger charge is 2.09. The van der Waals surface area contributed by atoms with Crippen molar-refractivity contribution in [2.45, 2.75) is 39.9 Å². The van der Waals surface area contributed by atoms with Crippen molar-refractivity contribution in [2.24, 2.45) is 5.92 Å². The average molecular weight is 291 g/mol. The summed E-state index contributed by atoms with van der Waals surface area (Å²) in [4.78, 5) is 11.6. The highest BCUT2D eigenvalue weighted by atomic mass is 16.5. The van der Waals surface area contributed by atoms with Crippen LogP contribution in [0.25, 0.3) is 6.08 Å². The Hall–Kier alpha value is -1.81. The normalized spacial score (nSPS) is 12.9. The lowest BCUT2D eigenvalue weighted by Crippen LogP contribution is -2.33. The number of hydrogen-bond donors (Lipinski definition) is 2. The van der Waals surface area contributed by atoms with Crippen LogP contribution in [0.15, 0.2) is 30.3 Å². The van der Waals surface area contributed by atoms with E-state index < -0.39 is 6.10 Å². The maximum absolute atomic E-state index is 11.6. The van der Waals surface area contributed by atoms with E-state index in [2.05, 4.69) is 5.32 Å². The number of carbonyl (C=O) groups is 1. The standard InChI is InChI=1S/C17H25NO3/c1-12(2)16(19)11-18-17(20)10-7-14-5-8-15(9-6-14)21-13(3)4/h5-10,12-13,16,19H,11H2,1-4H3,(H,18,20)/b10-7+. The molecule has 116 valence electrons. The molecule has 1 atom stereocenters. The van der Waals surface area contributed by atoms with Crippen LogP contribution in [-0.2, 0) is 4.79 Å². The van der Waals surface area contributed by atoms with Crippen LogP contribution in [0, 0.1) is 5.92 Å². The Bertz CT molecular complexity index is 463. The van der Waals surface area contributed by atoms with Crippen molar-refractivity contribution < 1.29 is 14.6 Å². The minimum Gasteiger partial charge on any atom is -0.491 e. The maximum atomic E-state index is 11.6. The second-order valence-corrected chi connectivity index (χ2v) is 5.63. The van der Waals surface area contributed by atoms with Crippen LogP contribution in [0.4, 0.5) is 0 Å². The third kappa shape index (κ3) is 6.95. The third-order valence-electron chi connectivity index (χ3n) is 2.93. The Balaban J connectivity index is 2.46. The number of benzene rings is 1.